The smallest absolute Gasteiger partial charge is 0.298 e. The number of benzene rings is 2. The van der Waals surface area contributed by atoms with Crippen LogP contribution in [0.5, 0.6) is 0 Å². The Morgan fingerprint density at radius 1 is 1.07 bits per heavy atom. The summed E-state index contributed by atoms with van der Waals surface area (Å²) < 4.78 is 28.7. The third-order valence-electron chi connectivity index (χ3n) is 4.45. The Kier molecular flexibility index (Phi) is 4.49. The molecule has 4 rings (SSSR count). The van der Waals surface area contributed by atoms with Crippen LogP contribution >= 0.6 is 11.6 Å². The van der Waals surface area contributed by atoms with Crippen molar-refractivity contribution < 1.29 is 8.42 Å². The molecule has 1 unspecified atom stereocenters. The molecule has 0 fully saturated rings. The molecule has 1 aliphatic heterocycles. The van der Waals surface area contributed by atoms with Crippen molar-refractivity contribution in [3.05, 3.63) is 83.3 Å². The number of imidazole rings is 1. The molecule has 8 heteroatoms. The number of aromatic nitrogens is 2. The fourth-order valence-corrected chi connectivity index (χ4v) is 4.45. The van der Waals surface area contributed by atoms with Crippen molar-refractivity contribution in [2.75, 3.05) is 6.54 Å². The maximum atomic E-state index is 13.0. The van der Waals surface area contributed by atoms with Gasteiger partial charge in [-0.3, -0.25) is 0 Å². The quantitative estimate of drug-likeness (QED) is 0.675. The summed E-state index contributed by atoms with van der Waals surface area (Å²) in [4.78, 5) is 3.99. The van der Waals surface area contributed by atoms with Crippen molar-refractivity contribution >= 4 is 27.3 Å². The van der Waals surface area contributed by atoms with Crippen molar-refractivity contribution in [1.29, 1.82) is 0 Å². The maximum Gasteiger partial charge on any atom is 0.298 e. The zero-order chi connectivity index (χ0) is 19.0. The second kappa shape index (κ2) is 6.83. The molecule has 0 bridgehead atoms. The number of hydrogen-bond acceptors (Lipinski definition) is 4. The minimum absolute atomic E-state index is 0.0158. The standard InChI is InChI=1S/C19H17ClN4O2S/c1-23-12-18(21-13-23)27(25,26)24-11-17(14-5-3-2-4-6-14)19(22-24)15-7-9-16(20)10-8-15/h2-10,12-13,17H,11H2,1H3. The predicted octanol–water partition coefficient (Wildman–Crippen LogP) is 3.27. The molecule has 3 aromatic rings. The number of aryl methyl sites for hydroxylation is 1. The van der Waals surface area contributed by atoms with Gasteiger partial charge in [0.2, 0.25) is 0 Å². The zero-order valence-electron chi connectivity index (χ0n) is 14.5. The summed E-state index contributed by atoms with van der Waals surface area (Å²) in [6, 6.07) is 17.0. The van der Waals surface area contributed by atoms with E-state index in [1.807, 2.05) is 42.5 Å². The van der Waals surface area contributed by atoms with Crippen LogP contribution < -0.4 is 0 Å². The molecule has 0 saturated heterocycles. The summed E-state index contributed by atoms with van der Waals surface area (Å²) in [6.45, 7) is 0.223. The summed E-state index contributed by atoms with van der Waals surface area (Å²) in [5, 5.41) is 5.07. The van der Waals surface area contributed by atoms with Gasteiger partial charge in [-0.15, -0.1) is 0 Å². The Hall–Kier alpha value is -2.64. The first-order chi connectivity index (χ1) is 12.9. The highest BCUT2D eigenvalue weighted by molar-refractivity contribution is 7.89. The van der Waals surface area contributed by atoms with E-state index in [0.29, 0.717) is 10.7 Å². The Balaban J connectivity index is 1.78. The number of hydrogen-bond donors (Lipinski definition) is 0. The second-order valence-electron chi connectivity index (χ2n) is 6.34. The number of rotatable bonds is 4. The van der Waals surface area contributed by atoms with E-state index >= 15 is 0 Å². The van der Waals surface area contributed by atoms with Crippen LogP contribution in [0.25, 0.3) is 0 Å². The summed E-state index contributed by atoms with van der Waals surface area (Å²) in [7, 11) is -2.09. The SMILES string of the molecule is Cn1cnc(S(=O)(=O)N2CC(c3ccccc3)C(c3ccc(Cl)cc3)=N2)c1. The van der Waals surface area contributed by atoms with Crippen LogP contribution in [0.15, 0.2) is 77.2 Å². The molecule has 27 heavy (non-hydrogen) atoms. The number of nitrogens with zero attached hydrogens (tertiary/aromatic N) is 4. The number of sulfonamides is 1. The molecule has 2 aromatic carbocycles. The fraction of sp³-hybridized carbons (Fsp3) is 0.158. The van der Waals surface area contributed by atoms with E-state index in [2.05, 4.69) is 10.1 Å². The van der Waals surface area contributed by atoms with Gasteiger partial charge in [-0.2, -0.15) is 17.9 Å². The average molecular weight is 401 g/mol. The topological polar surface area (TPSA) is 67.6 Å². The Morgan fingerprint density at radius 3 is 2.41 bits per heavy atom. The van der Waals surface area contributed by atoms with Crippen LogP contribution in [0.3, 0.4) is 0 Å². The normalized spacial score (nSPS) is 17.2. The van der Waals surface area contributed by atoms with E-state index in [-0.39, 0.29) is 17.5 Å². The van der Waals surface area contributed by atoms with Crippen molar-refractivity contribution in [3.63, 3.8) is 0 Å². The highest BCUT2D eigenvalue weighted by atomic mass is 35.5. The molecule has 0 amide bonds. The lowest BCUT2D eigenvalue weighted by molar-refractivity contribution is 0.449. The molecular weight excluding hydrogens is 384 g/mol. The highest BCUT2D eigenvalue weighted by Gasteiger charge is 2.36. The second-order valence-corrected chi connectivity index (χ2v) is 8.57. The van der Waals surface area contributed by atoms with E-state index in [0.717, 1.165) is 15.5 Å². The molecule has 0 saturated carbocycles. The van der Waals surface area contributed by atoms with Crippen molar-refractivity contribution in [3.8, 4) is 0 Å². The average Bonchev–Trinajstić information content (AvgIpc) is 3.30. The molecule has 1 aliphatic rings. The van der Waals surface area contributed by atoms with Crippen LogP contribution in [0.4, 0.5) is 0 Å². The molecule has 0 aliphatic carbocycles. The van der Waals surface area contributed by atoms with Gasteiger partial charge in [0, 0.05) is 24.2 Å². The van der Waals surface area contributed by atoms with Crippen molar-refractivity contribution in [2.24, 2.45) is 12.1 Å². The molecular formula is C19H17ClN4O2S. The lowest BCUT2D eigenvalue weighted by Crippen LogP contribution is -2.26. The van der Waals surface area contributed by atoms with Crippen LogP contribution in [-0.4, -0.2) is 34.6 Å². The predicted molar refractivity (Wildman–Crippen MR) is 104 cm³/mol. The molecule has 6 nitrogen and oxygen atoms in total. The van der Waals surface area contributed by atoms with E-state index in [1.165, 1.54) is 12.5 Å². The van der Waals surface area contributed by atoms with Crippen molar-refractivity contribution in [1.82, 2.24) is 14.0 Å². The number of hydrazone groups is 1. The Labute approximate surface area is 162 Å². The zero-order valence-corrected chi connectivity index (χ0v) is 16.1. The molecule has 0 spiro atoms. The molecule has 1 atom stereocenters. The Morgan fingerprint density at radius 2 is 1.78 bits per heavy atom. The molecule has 138 valence electrons. The van der Waals surface area contributed by atoms with Crippen LogP contribution in [0.2, 0.25) is 5.02 Å². The van der Waals surface area contributed by atoms with Crippen LogP contribution in [0.1, 0.15) is 17.0 Å². The monoisotopic (exact) mass is 400 g/mol. The van der Waals surface area contributed by atoms with E-state index < -0.39 is 10.0 Å². The van der Waals surface area contributed by atoms with E-state index in [4.69, 9.17) is 11.6 Å². The fourth-order valence-electron chi connectivity index (χ4n) is 3.08. The van der Waals surface area contributed by atoms with E-state index in [9.17, 15) is 8.42 Å². The van der Waals surface area contributed by atoms with Gasteiger partial charge < -0.3 is 4.57 Å². The molecule has 0 N–H and O–H groups in total. The molecule has 1 aromatic heterocycles. The molecule has 0 radical (unpaired) electrons. The van der Waals surface area contributed by atoms with Crippen LogP contribution in [-0.2, 0) is 17.1 Å². The van der Waals surface area contributed by atoms with Crippen LogP contribution in [0, 0.1) is 0 Å². The van der Waals surface area contributed by atoms with Gasteiger partial charge in [0.15, 0.2) is 5.03 Å². The summed E-state index contributed by atoms with van der Waals surface area (Å²) >= 11 is 6.00. The van der Waals surface area contributed by atoms with Gasteiger partial charge >= 0.3 is 0 Å². The molecule has 2 heterocycles. The largest absolute Gasteiger partial charge is 0.339 e. The van der Waals surface area contributed by atoms with Gasteiger partial charge in [-0.25, -0.2) is 4.98 Å². The van der Waals surface area contributed by atoms with Gasteiger partial charge in [-0.05, 0) is 23.3 Å². The minimum atomic E-state index is -3.82. The first-order valence-electron chi connectivity index (χ1n) is 8.35. The van der Waals surface area contributed by atoms with Crippen molar-refractivity contribution in [2.45, 2.75) is 10.9 Å². The van der Waals surface area contributed by atoms with Gasteiger partial charge in [0.05, 0.1) is 18.6 Å². The number of halogens is 1. The third-order valence-corrected chi connectivity index (χ3v) is 6.23. The Bertz CT molecular complexity index is 1090. The summed E-state index contributed by atoms with van der Waals surface area (Å²) in [6.07, 6.45) is 2.93. The van der Waals surface area contributed by atoms with E-state index in [1.54, 1.807) is 23.7 Å². The lowest BCUT2D eigenvalue weighted by atomic mass is 9.91. The first kappa shape index (κ1) is 17.8. The summed E-state index contributed by atoms with van der Waals surface area (Å²) in [5.41, 5.74) is 2.54. The van der Waals surface area contributed by atoms with Gasteiger partial charge in [-0.1, -0.05) is 54.1 Å². The maximum absolute atomic E-state index is 13.0. The third kappa shape index (κ3) is 3.36. The lowest BCUT2D eigenvalue weighted by Gasteiger charge is -2.15. The first-order valence-corrected chi connectivity index (χ1v) is 10.2. The van der Waals surface area contributed by atoms with Gasteiger partial charge in [0.25, 0.3) is 10.0 Å². The van der Waals surface area contributed by atoms with Gasteiger partial charge in [0.1, 0.15) is 0 Å². The minimum Gasteiger partial charge on any atom is -0.339 e. The highest BCUT2D eigenvalue weighted by Crippen LogP contribution is 2.32. The summed E-state index contributed by atoms with van der Waals surface area (Å²) in [5.74, 6) is -0.175.